The normalized spacial score (nSPS) is 21.1. The second-order valence-corrected chi connectivity index (χ2v) is 7.44. The maximum Gasteiger partial charge on any atom is 0.254 e. The van der Waals surface area contributed by atoms with Crippen LogP contribution in [0.15, 0.2) is 16.0 Å². The van der Waals surface area contributed by atoms with Crippen LogP contribution in [0.1, 0.15) is 57.2 Å². The second-order valence-electron chi connectivity index (χ2n) is 6.45. The van der Waals surface area contributed by atoms with Crippen LogP contribution in [0.2, 0.25) is 0 Å². The first-order valence-corrected chi connectivity index (χ1v) is 9.70. The van der Waals surface area contributed by atoms with Crippen LogP contribution in [0.5, 0.6) is 0 Å². The molecule has 1 unspecified atom stereocenters. The van der Waals surface area contributed by atoms with Crippen molar-refractivity contribution < 1.29 is 4.79 Å². The van der Waals surface area contributed by atoms with E-state index in [1.54, 1.807) is 22.4 Å². The van der Waals surface area contributed by atoms with Crippen LogP contribution < -0.4 is 5.56 Å². The number of aryl methyl sites for hydroxylation is 1. The summed E-state index contributed by atoms with van der Waals surface area (Å²) in [7, 11) is 0. The van der Waals surface area contributed by atoms with E-state index in [1.807, 2.05) is 4.90 Å². The summed E-state index contributed by atoms with van der Waals surface area (Å²) in [5.74, 6) is 0.965. The van der Waals surface area contributed by atoms with Crippen LogP contribution in [0, 0.1) is 0 Å². The SMILES string of the molecule is CCCc1cc(=O)n2c(n1)SCC2CC(=O)N1CCCCCC1. The summed E-state index contributed by atoms with van der Waals surface area (Å²) in [5, 5.41) is 0.787. The minimum absolute atomic E-state index is 0.00267. The number of carbonyl (C=O) groups is 1. The number of aromatic nitrogens is 2. The Balaban J connectivity index is 1.72. The van der Waals surface area contributed by atoms with Gasteiger partial charge in [-0.3, -0.25) is 14.2 Å². The van der Waals surface area contributed by atoms with E-state index in [0.29, 0.717) is 6.42 Å². The van der Waals surface area contributed by atoms with Gasteiger partial charge >= 0.3 is 0 Å². The quantitative estimate of drug-likeness (QED) is 0.794. The van der Waals surface area contributed by atoms with Crippen molar-refractivity contribution in [3.63, 3.8) is 0 Å². The molecule has 0 spiro atoms. The average Bonchev–Trinajstić information content (AvgIpc) is 2.74. The molecule has 3 rings (SSSR count). The van der Waals surface area contributed by atoms with Gasteiger partial charge in [0.25, 0.3) is 5.56 Å². The zero-order valence-electron chi connectivity index (χ0n) is 13.8. The molecule has 1 fully saturated rings. The van der Waals surface area contributed by atoms with Crippen LogP contribution in [-0.2, 0) is 11.2 Å². The van der Waals surface area contributed by atoms with Crippen molar-refractivity contribution in [2.75, 3.05) is 18.8 Å². The fourth-order valence-corrected chi connectivity index (χ4v) is 4.55. The number of hydrogen-bond acceptors (Lipinski definition) is 4. The predicted molar refractivity (Wildman–Crippen MR) is 91.9 cm³/mol. The van der Waals surface area contributed by atoms with E-state index in [1.165, 1.54) is 12.8 Å². The van der Waals surface area contributed by atoms with Gasteiger partial charge in [-0.1, -0.05) is 37.9 Å². The molecule has 0 radical (unpaired) electrons. The Bertz CT molecular complexity index is 621. The Hall–Kier alpha value is -1.30. The largest absolute Gasteiger partial charge is 0.343 e. The molecule has 2 aliphatic rings. The minimum atomic E-state index is -0.0403. The molecule has 3 heterocycles. The van der Waals surface area contributed by atoms with Crippen molar-refractivity contribution in [1.82, 2.24) is 14.5 Å². The molecule has 0 aliphatic carbocycles. The fraction of sp³-hybridized carbons (Fsp3) is 0.706. The van der Waals surface area contributed by atoms with Gasteiger partial charge in [0.05, 0.1) is 6.04 Å². The van der Waals surface area contributed by atoms with Gasteiger partial charge in [-0.2, -0.15) is 0 Å². The van der Waals surface area contributed by atoms with E-state index >= 15 is 0 Å². The summed E-state index contributed by atoms with van der Waals surface area (Å²) in [6.45, 7) is 3.82. The summed E-state index contributed by atoms with van der Waals surface area (Å²) < 4.78 is 1.74. The highest BCUT2D eigenvalue weighted by Gasteiger charge is 2.29. The molecule has 1 aromatic heterocycles. The molecule has 0 saturated carbocycles. The molecule has 1 amide bonds. The van der Waals surface area contributed by atoms with Crippen LogP contribution in [0.25, 0.3) is 0 Å². The van der Waals surface area contributed by atoms with Crippen molar-refractivity contribution in [2.45, 2.75) is 63.1 Å². The number of likely N-dealkylation sites (tertiary alicyclic amines) is 1. The van der Waals surface area contributed by atoms with Gasteiger partial charge in [-0.25, -0.2) is 4.98 Å². The van der Waals surface area contributed by atoms with Gasteiger partial charge in [-0.15, -0.1) is 0 Å². The monoisotopic (exact) mass is 335 g/mol. The summed E-state index contributed by atoms with van der Waals surface area (Å²) in [6.07, 6.45) is 6.88. The molecular weight excluding hydrogens is 310 g/mol. The topological polar surface area (TPSA) is 55.2 Å². The van der Waals surface area contributed by atoms with Gasteiger partial charge in [0.1, 0.15) is 0 Å². The van der Waals surface area contributed by atoms with Gasteiger partial charge < -0.3 is 4.90 Å². The zero-order valence-corrected chi connectivity index (χ0v) is 14.6. The number of carbonyl (C=O) groups excluding carboxylic acids is 1. The van der Waals surface area contributed by atoms with E-state index < -0.39 is 0 Å². The summed E-state index contributed by atoms with van der Waals surface area (Å²) in [6, 6.07) is 1.60. The van der Waals surface area contributed by atoms with Gasteiger partial charge in [0.15, 0.2) is 5.16 Å². The molecule has 0 N–H and O–H groups in total. The second kappa shape index (κ2) is 7.51. The van der Waals surface area contributed by atoms with Gasteiger partial charge in [-0.05, 0) is 19.3 Å². The molecule has 0 aromatic carbocycles. The van der Waals surface area contributed by atoms with Gasteiger partial charge in [0.2, 0.25) is 5.91 Å². The van der Waals surface area contributed by atoms with Crippen molar-refractivity contribution in [3.8, 4) is 0 Å². The lowest BCUT2D eigenvalue weighted by molar-refractivity contribution is -0.131. The molecule has 1 aromatic rings. The first-order valence-electron chi connectivity index (χ1n) is 8.72. The fourth-order valence-electron chi connectivity index (χ4n) is 3.38. The number of amides is 1. The minimum Gasteiger partial charge on any atom is -0.343 e. The number of rotatable bonds is 4. The van der Waals surface area contributed by atoms with E-state index in [4.69, 9.17) is 0 Å². The van der Waals surface area contributed by atoms with Crippen molar-refractivity contribution in [3.05, 3.63) is 22.1 Å². The Labute approximate surface area is 141 Å². The molecular formula is C17H25N3O2S. The first-order chi connectivity index (χ1) is 11.2. The number of nitrogens with zero attached hydrogens (tertiary/aromatic N) is 3. The molecule has 5 nitrogen and oxygen atoms in total. The van der Waals surface area contributed by atoms with Gasteiger partial charge in [0, 0.05) is 37.0 Å². The molecule has 0 bridgehead atoms. The lowest BCUT2D eigenvalue weighted by atomic mass is 10.2. The number of hydrogen-bond donors (Lipinski definition) is 0. The smallest absolute Gasteiger partial charge is 0.254 e. The lowest BCUT2D eigenvalue weighted by Gasteiger charge is -2.22. The van der Waals surface area contributed by atoms with Crippen LogP contribution in [-0.4, -0.2) is 39.2 Å². The van der Waals surface area contributed by atoms with Crippen molar-refractivity contribution in [2.24, 2.45) is 0 Å². The van der Waals surface area contributed by atoms with E-state index in [-0.39, 0.29) is 17.5 Å². The van der Waals surface area contributed by atoms with Crippen molar-refractivity contribution >= 4 is 17.7 Å². The summed E-state index contributed by atoms with van der Waals surface area (Å²) in [5.41, 5.74) is 0.868. The third kappa shape index (κ3) is 3.79. The molecule has 1 saturated heterocycles. The Morgan fingerprint density at radius 3 is 2.74 bits per heavy atom. The highest BCUT2D eigenvalue weighted by molar-refractivity contribution is 7.99. The maximum atomic E-state index is 12.6. The first kappa shape index (κ1) is 16.6. The van der Waals surface area contributed by atoms with Crippen LogP contribution >= 0.6 is 11.8 Å². The Morgan fingerprint density at radius 1 is 1.30 bits per heavy atom. The third-order valence-electron chi connectivity index (χ3n) is 4.62. The summed E-state index contributed by atoms with van der Waals surface area (Å²) in [4.78, 5) is 31.6. The lowest BCUT2D eigenvalue weighted by Crippen LogP contribution is -2.35. The average molecular weight is 335 g/mol. The molecule has 23 heavy (non-hydrogen) atoms. The Morgan fingerprint density at radius 2 is 2.04 bits per heavy atom. The predicted octanol–water partition coefficient (Wildman–Crippen LogP) is 2.64. The van der Waals surface area contributed by atoms with Crippen LogP contribution in [0.4, 0.5) is 0 Å². The van der Waals surface area contributed by atoms with E-state index in [9.17, 15) is 9.59 Å². The highest BCUT2D eigenvalue weighted by Crippen LogP contribution is 2.32. The van der Waals surface area contributed by atoms with E-state index in [2.05, 4.69) is 11.9 Å². The molecule has 2 aliphatic heterocycles. The number of fused-ring (bicyclic) bond motifs is 1. The molecule has 1 atom stereocenters. The molecule has 126 valence electrons. The van der Waals surface area contributed by atoms with Crippen LogP contribution in [0.3, 0.4) is 0 Å². The standard InChI is InChI=1S/C17H25N3O2S/c1-2-7-13-10-16(22)20-14(12-23-17(20)18-13)11-15(21)19-8-5-3-4-6-9-19/h10,14H,2-9,11-12H2,1H3. The Kier molecular flexibility index (Phi) is 5.41. The third-order valence-corrected chi connectivity index (χ3v) is 5.72. The molecule has 6 heteroatoms. The van der Waals surface area contributed by atoms with E-state index in [0.717, 1.165) is 55.4 Å². The highest BCUT2D eigenvalue weighted by atomic mass is 32.2. The number of thioether (sulfide) groups is 1. The van der Waals surface area contributed by atoms with Crippen molar-refractivity contribution in [1.29, 1.82) is 0 Å². The maximum absolute atomic E-state index is 12.6. The summed E-state index contributed by atoms with van der Waals surface area (Å²) >= 11 is 1.60. The zero-order chi connectivity index (χ0) is 16.2.